The molecule has 1 unspecified atom stereocenters. The Balaban J connectivity index is 1.29. The Bertz CT molecular complexity index is 1430. The maximum absolute atomic E-state index is 13.8. The molecule has 0 saturated carbocycles. The SMILES string of the molecule is CC(C)CC(=O)N1CCN(c2cc(C(F)(F)F)nc(-n3ccnc3)n2)CC1CC(=O)NCCc1ccc2c(c1)OCCO2. The second-order valence-corrected chi connectivity index (χ2v) is 10.9. The van der Waals surface area contributed by atoms with Gasteiger partial charge >= 0.3 is 6.18 Å². The lowest BCUT2D eigenvalue weighted by Crippen LogP contribution is -2.57. The molecule has 230 valence electrons. The normalized spacial score (nSPS) is 16.8. The fourth-order valence-electron chi connectivity index (χ4n) is 5.13. The Morgan fingerprint density at radius 3 is 2.60 bits per heavy atom. The Morgan fingerprint density at radius 2 is 1.88 bits per heavy atom. The molecule has 0 spiro atoms. The van der Waals surface area contributed by atoms with E-state index in [1.807, 2.05) is 32.0 Å². The number of ether oxygens (including phenoxy) is 2. The molecule has 1 fully saturated rings. The number of aromatic nitrogens is 4. The van der Waals surface area contributed by atoms with E-state index in [0.717, 1.165) is 11.6 Å². The van der Waals surface area contributed by atoms with Crippen LogP contribution in [0.5, 0.6) is 11.5 Å². The van der Waals surface area contributed by atoms with E-state index >= 15 is 0 Å². The van der Waals surface area contributed by atoms with E-state index in [-0.39, 0.29) is 55.6 Å². The molecule has 2 aromatic heterocycles. The van der Waals surface area contributed by atoms with Crippen molar-refractivity contribution in [3.8, 4) is 17.4 Å². The maximum Gasteiger partial charge on any atom is 0.433 e. The predicted octanol–water partition coefficient (Wildman–Crippen LogP) is 3.26. The van der Waals surface area contributed by atoms with Crippen molar-refractivity contribution in [1.29, 1.82) is 0 Å². The number of alkyl halides is 3. The Kier molecular flexibility index (Phi) is 9.02. The van der Waals surface area contributed by atoms with Crippen LogP contribution in [0.2, 0.25) is 0 Å². The molecule has 4 heterocycles. The topological polar surface area (TPSA) is 115 Å². The van der Waals surface area contributed by atoms with Crippen LogP contribution in [-0.2, 0) is 22.2 Å². The highest BCUT2D eigenvalue weighted by Gasteiger charge is 2.37. The molecule has 0 bridgehead atoms. The first kappa shape index (κ1) is 30.1. The number of carbonyl (C=O) groups is 2. The van der Waals surface area contributed by atoms with Crippen LogP contribution in [0.1, 0.15) is 37.9 Å². The van der Waals surface area contributed by atoms with Gasteiger partial charge in [0.1, 0.15) is 25.4 Å². The van der Waals surface area contributed by atoms with E-state index in [1.165, 1.54) is 23.3 Å². The fourth-order valence-corrected chi connectivity index (χ4v) is 5.13. The summed E-state index contributed by atoms with van der Waals surface area (Å²) < 4.78 is 53.8. The standard InChI is InChI=1S/C29H34F3N7O4/c1-19(2)13-27(41)39-10-9-37(25-16-24(29(30,31)32)35-28(36-25)38-8-7-33-18-38)17-21(39)15-26(40)34-6-5-20-3-4-22-23(14-20)43-12-11-42-22/h3-4,7-8,14,16,18-19,21H,5-6,9-13,15,17H2,1-2H3,(H,34,40). The van der Waals surface area contributed by atoms with E-state index < -0.39 is 17.9 Å². The van der Waals surface area contributed by atoms with Crippen molar-refractivity contribution in [3.05, 3.63) is 54.2 Å². The Labute approximate surface area is 247 Å². The summed E-state index contributed by atoms with van der Waals surface area (Å²) in [4.78, 5) is 41.5. The molecule has 1 N–H and O–H groups in total. The van der Waals surface area contributed by atoms with Crippen molar-refractivity contribution in [2.75, 3.05) is 44.3 Å². The minimum absolute atomic E-state index is 0.00688. The van der Waals surface area contributed by atoms with Crippen molar-refractivity contribution in [1.82, 2.24) is 29.7 Å². The highest BCUT2D eigenvalue weighted by atomic mass is 19.4. The van der Waals surface area contributed by atoms with Gasteiger partial charge in [0.05, 0.1) is 6.04 Å². The average Bonchev–Trinajstić information content (AvgIpc) is 3.51. The number of rotatable bonds is 9. The zero-order chi connectivity index (χ0) is 30.6. The fraction of sp³-hybridized carbons (Fsp3) is 0.483. The molecule has 1 saturated heterocycles. The van der Waals surface area contributed by atoms with E-state index in [4.69, 9.17) is 9.47 Å². The van der Waals surface area contributed by atoms with Crippen molar-refractivity contribution >= 4 is 17.6 Å². The van der Waals surface area contributed by atoms with Gasteiger partial charge in [-0.3, -0.25) is 14.2 Å². The molecular formula is C29H34F3N7O4. The van der Waals surface area contributed by atoms with Gasteiger partial charge in [-0.25, -0.2) is 9.97 Å². The number of hydrogen-bond donors (Lipinski definition) is 1. The van der Waals surface area contributed by atoms with E-state index in [2.05, 4.69) is 20.3 Å². The lowest BCUT2D eigenvalue weighted by Gasteiger charge is -2.42. The molecule has 5 rings (SSSR count). The van der Waals surface area contributed by atoms with Crippen molar-refractivity contribution in [3.63, 3.8) is 0 Å². The first-order valence-electron chi connectivity index (χ1n) is 14.2. The van der Waals surface area contributed by atoms with Crippen LogP contribution in [0.15, 0.2) is 43.0 Å². The molecule has 1 aromatic carbocycles. The third kappa shape index (κ3) is 7.54. The number of amides is 2. The molecule has 1 atom stereocenters. The summed E-state index contributed by atoms with van der Waals surface area (Å²) in [5, 5.41) is 2.92. The van der Waals surface area contributed by atoms with Crippen molar-refractivity contribution < 1.29 is 32.2 Å². The lowest BCUT2D eigenvalue weighted by atomic mass is 10.0. The maximum atomic E-state index is 13.8. The number of nitrogens with zero attached hydrogens (tertiary/aromatic N) is 6. The summed E-state index contributed by atoms with van der Waals surface area (Å²) in [6, 6.07) is 5.99. The van der Waals surface area contributed by atoms with Crippen LogP contribution in [0.3, 0.4) is 0 Å². The van der Waals surface area contributed by atoms with Gasteiger partial charge in [0.25, 0.3) is 0 Å². The Hall–Kier alpha value is -4.36. The van der Waals surface area contributed by atoms with Gasteiger partial charge in [0.2, 0.25) is 17.8 Å². The van der Waals surface area contributed by atoms with Gasteiger partial charge in [-0.2, -0.15) is 18.2 Å². The first-order chi connectivity index (χ1) is 20.6. The largest absolute Gasteiger partial charge is 0.486 e. The van der Waals surface area contributed by atoms with Gasteiger partial charge in [-0.1, -0.05) is 19.9 Å². The quantitative estimate of drug-likeness (QED) is 0.398. The lowest BCUT2D eigenvalue weighted by molar-refractivity contribution is -0.141. The minimum Gasteiger partial charge on any atom is -0.486 e. The monoisotopic (exact) mass is 601 g/mol. The highest BCUT2D eigenvalue weighted by Crippen LogP contribution is 2.32. The third-order valence-electron chi connectivity index (χ3n) is 7.20. The smallest absolute Gasteiger partial charge is 0.433 e. The van der Waals surface area contributed by atoms with E-state index in [1.54, 1.807) is 9.80 Å². The van der Waals surface area contributed by atoms with Gasteiger partial charge in [0, 0.05) is 57.5 Å². The van der Waals surface area contributed by atoms with Crippen LogP contribution in [-0.4, -0.2) is 81.7 Å². The van der Waals surface area contributed by atoms with Gasteiger partial charge < -0.3 is 24.6 Å². The van der Waals surface area contributed by atoms with Crippen LogP contribution >= 0.6 is 0 Å². The molecule has 11 nitrogen and oxygen atoms in total. The molecule has 2 amide bonds. The second kappa shape index (κ2) is 12.9. The summed E-state index contributed by atoms with van der Waals surface area (Å²) in [5.74, 6) is 1.01. The van der Waals surface area contributed by atoms with E-state index in [9.17, 15) is 22.8 Å². The summed E-state index contributed by atoms with van der Waals surface area (Å²) >= 11 is 0. The van der Waals surface area contributed by atoms with Gasteiger partial charge in [-0.05, 0) is 30.0 Å². The molecule has 0 radical (unpaired) electrons. The number of nitrogens with one attached hydrogen (secondary N) is 1. The molecule has 2 aliphatic heterocycles. The third-order valence-corrected chi connectivity index (χ3v) is 7.20. The summed E-state index contributed by atoms with van der Waals surface area (Å²) in [5.41, 5.74) is -0.118. The number of piperazine rings is 1. The zero-order valence-corrected chi connectivity index (χ0v) is 24.0. The summed E-state index contributed by atoms with van der Waals surface area (Å²) in [7, 11) is 0. The van der Waals surface area contributed by atoms with Crippen LogP contribution < -0.4 is 19.7 Å². The number of benzene rings is 1. The molecule has 2 aliphatic rings. The highest BCUT2D eigenvalue weighted by molar-refractivity contribution is 5.80. The van der Waals surface area contributed by atoms with Crippen LogP contribution in [0.25, 0.3) is 5.95 Å². The predicted molar refractivity (Wildman–Crippen MR) is 150 cm³/mol. The molecule has 14 heteroatoms. The summed E-state index contributed by atoms with van der Waals surface area (Å²) in [6.45, 7) is 5.85. The molecular weight excluding hydrogens is 567 g/mol. The van der Waals surface area contributed by atoms with Gasteiger partial charge in [-0.15, -0.1) is 0 Å². The van der Waals surface area contributed by atoms with Crippen LogP contribution in [0, 0.1) is 5.92 Å². The van der Waals surface area contributed by atoms with Gasteiger partial charge in [0.15, 0.2) is 17.2 Å². The van der Waals surface area contributed by atoms with Crippen LogP contribution in [0.4, 0.5) is 19.0 Å². The average molecular weight is 602 g/mol. The number of carbonyl (C=O) groups excluding carboxylic acids is 2. The first-order valence-corrected chi connectivity index (χ1v) is 14.2. The Morgan fingerprint density at radius 1 is 1.09 bits per heavy atom. The number of halogens is 3. The van der Waals surface area contributed by atoms with E-state index in [0.29, 0.717) is 44.1 Å². The number of hydrogen-bond acceptors (Lipinski definition) is 8. The number of fused-ring (bicyclic) bond motifs is 1. The molecule has 3 aromatic rings. The zero-order valence-electron chi connectivity index (χ0n) is 24.0. The molecule has 43 heavy (non-hydrogen) atoms. The number of anilines is 1. The number of imidazole rings is 1. The minimum atomic E-state index is -4.70. The molecule has 0 aliphatic carbocycles. The second-order valence-electron chi connectivity index (χ2n) is 10.9. The van der Waals surface area contributed by atoms with Crippen molar-refractivity contribution in [2.45, 2.75) is 45.3 Å². The van der Waals surface area contributed by atoms with Crippen molar-refractivity contribution in [2.24, 2.45) is 5.92 Å². The summed E-state index contributed by atoms with van der Waals surface area (Å²) in [6.07, 6.45) is 0.363.